The number of nitrogens with one attached hydrogen (secondary N) is 1. The molecule has 0 aliphatic rings. The third-order valence-electron chi connectivity index (χ3n) is 3.16. The van der Waals surface area contributed by atoms with Gasteiger partial charge in [0, 0.05) is 35.4 Å². The van der Waals surface area contributed by atoms with E-state index in [2.05, 4.69) is 38.3 Å². The molecule has 0 atom stereocenters. The number of nitrogen functional groups attached to an aromatic ring is 1. The molecular weight excluding hydrogens is 238 g/mol. The molecular formula is C14H15N5. The van der Waals surface area contributed by atoms with Crippen LogP contribution in [-0.4, -0.2) is 14.5 Å². The molecule has 0 bridgehead atoms. The van der Waals surface area contributed by atoms with Gasteiger partial charge in [-0.2, -0.15) is 0 Å². The summed E-state index contributed by atoms with van der Waals surface area (Å²) in [6.45, 7) is 1.93. The zero-order chi connectivity index (χ0) is 13.4. The third-order valence-corrected chi connectivity index (χ3v) is 3.16. The van der Waals surface area contributed by atoms with Crippen LogP contribution in [0.3, 0.4) is 0 Å². The number of para-hydroxylation sites is 1. The molecule has 0 aliphatic heterocycles. The summed E-state index contributed by atoms with van der Waals surface area (Å²) in [4.78, 5) is 8.64. The Morgan fingerprint density at radius 2 is 2.00 bits per heavy atom. The van der Waals surface area contributed by atoms with Gasteiger partial charge in [-0.15, -0.1) is 0 Å². The van der Waals surface area contributed by atoms with Crippen LogP contribution in [-0.2, 0) is 7.05 Å². The van der Waals surface area contributed by atoms with E-state index in [1.54, 1.807) is 0 Å². The highest BCUT2D eigenvalue weighted by Crippen LogP contribution is 2.29. The Kier molecular flexibility index (Phi) is 2.68. The molecule has 0 amide bonds. The number of rotatable bonds is 2. The van der Waals surface area contributed by atoms with Gasteiger partial charge in [-0.1, -0.05) is 18.2 Å². The number of hydrogen-bond donors (Lipinski definition) is 2. The number of fused-ring (bicyclic) bond motifs is 1. The van der Waals surface area contributed by atoms with Crippen LogP contribution in [0.5, 0.6) is 0 Å². The van der Waals surface area contributed by atoms with Crippen molar-refractivity contribution < 1.29 is 0 Å². The molecule has 5 heteroatoms. The molecule has 3 N–H and O–H groups in total. The average Bonchev–Trinajstić information content (AvgIpc) is 2.76. The molecule has 0 aliphatic carbocycles. The molecule has 3 aromatic rings. The van der Waals surface area contributed by atoms with Crippen LogP contribution in [0.4, 0.5) is 5.95 Å². The fourth-order valence-corrected chi connectivity index (χ4v) is 2.32. The number of benzene rings is 1. The van der Waals surface area contributed by atoms with Crippen molar-refractivity contribution in [2.75, 3.05) is 5.43 Å². The second-order valence-electron chi connectivity index (χ2n) is 4.53. The molecule has 0 spiro atoms. The summed E-state index contributed by atoms with van der Waals surface area (Å²) in [6, 6.07) is 10.2. The molecule has 0 saturated heterocycles. The van der Waals surface area contributed by atoms with Crippen LogP contribution in [0.15, 0.2) is 36.5 Å². The Bertz CT molecular complexity index is 745. The van der Waals surface area contributed by atoms with E-state index in [0.717, 1.165) is 17.0 Å². The lowest BCUT2D eigenvalue weighted by Gasteiger charge is -2.04. The highest BCUT2D eigenvalue weighted by atomic mass is 15.3. The van der Waals surface area contributed by atoms with Crippen molar-refractivity contribution >= 4 is 16.9 Å². The minimum atomic E-state index is 0.433. The third kappa shape index (κ3) is 1.94. The lowest BCUT2D eigenvalue weighted by molar-refractivity contribution is 0.968. The summed E-state index contributed by atoms with van der Waals surface area (Å²) in [5, 5.41) is 1.17. The van der Waals surface area contributed by atoms with E-state index in [0.29, 0.717) is 5.95 Å². The molecule has 0 fully saturated rings. The van der Waals surface area contributed by atoms with Gasteiger partial charge in [0.2, 0.25) is 5.95 Å². The Balaban J connectivity index is 2.27. The van der Waals surface area contributed by atoms with E-state index in [-0.39, 0.29) is 0 Å². The van der Waals surface area contributed by atoms with Crippen LogP contribution in [0, 0.1) is 6.92 Å². The maximum atomic E-state index is 5.40. The Labute approximate surface area is 111 Å². The predicted molar refractivity (Wildman–Crippen MR) is 76.5 cm³/mol. The SMILES string of the molecule is Cc1cc(-c2cn(C)c3ccccc23)nc(NN)n1. The van der Waals surface area contributed by atoms with Crippen LogP contribution < -0.4 is 11.3 Å². The van der Waals surface area contributed by atoms with Crippen molar-refractivity contribution in [2.45, 2.75) is 6.92 Å². The van der Waals surface area contributed by atoms with Crippen LogP contribution in [0.1, 0.15) is 5.69 Å². The molecule has 19 heavy (non-hydrogen) atoms. The first-order valence-electron chi connectivity index (χ1n) is 6.06. The van der Waals surface area contributed by atoms with Crippen molar-refractivity contribution in [2.24, 2.45) is 12.9 Å². The van der Waals surface area contributed by atoms with Gasteiger partial charge >= 0.3 is 0 Å². The first-order chi connectivity index (χ1) is 9.19. The highest BCUT2D eigenvalue weighted by Gasteiger charge is 2.10. The minimum Gasteiger partial charge on any atom is -0.350 e. The smallest absolute Gasteiger partial charge is 0.237 e. The Hall–Kier alpha value is -2.40. The number of nitrogens with zero attached hydrogens (tertiary/aromatic N) is 3. The second-order valence-corrected chi connectivity index (χ2v) is 4.53. The van der Waals surface area contributed by atoms with Crippen molar-refractivity contribution in [3.05, 3.63) is 42.2 Å². The second kappa shape index (κ2) is 4.37. The molecule has 0 saturated carbocycles. The first-order valence-corrected chi connectivity index (χ1v) is 6.06. The topological polar surface area (TPSA) is 68.8 Å². The number of anilines is 1. The Morgan fingerprint density at radius 1 is 1.21 bits per heavy atom. The normalized spacial score (nSPS) is 10.9. The number of aromatic nitrogens is 3. The zero-order valence-corrected chi connectivity index (χ0v) is 10.9. The summed E-state index contributed by atoms with van der Waals surface area (Å²) in [7, 11) is 2.03. The van der Waals surface area contributed by atoms with Gasteiger partial charge in [-0.25, -0.2) is 15.8 Å². The van der Waals surface area contributed by atoms with Gasteiger partial charge in [0.05, 0.1) is 5.69 Å². The van der Waals surface area contributed by atoms with Gasteiger partial charge in [-0.3, -0.25) is 5.43 Å². The lowest BCUT2D eigenvalue weighted by atomic mass is 10.1. The fraction of sp³-hybridized carbons (Fsp3) is 0.143. The van der Waals surface area contributed by atoms with Gasteiger partial charge in [0.15, 0.2) is 0 Å². The standard InChI is InChI=1S/C14H15N5/c1-9-7-12(17-14(16-9)18-15)11-8-19(2)13-6-4-3-5-10(11)13/h3-8H,15H2,1-2H3,(H,16,17,18). The number of hydrazine groups is 1. The van der Waals surface area contributed by atoms with Gasteiger partial charge in [0.25, 0.3) is 0 Å². The Morgan fingerprint density at radius 3 is 2.79 bits per heavy atom. The van der Waals surface area contributed by atoms with Crippen LogP contribution in [0.2, 0.25) is 0 Å². The molecule has 3 rings (SSSR count). The summed E-state index contributed by atoms with van der Waals surface area (Å²) < 4.78 is 2.09. The maximum Gasteiger partial charge on any atom is 0.237 e. The van der Waals surface area contributed by atoms with Crippen molar-refractivity contribution in [1.82, 2.24) is 14.5 Å². The fourth-order valence-electron chi connectivity index (χ4n) is 2.32. The summed E-state index contributed by atoms with van der Waals surface area (Å²) in [5.74, 6) is 5.84. The zero-order valence-electron chi connectivity index (χ0n) is 10.9. The van der Waals surface area contributed by atoms with E-state index in [1.165, 1.54) is 10.9 Å². The van der Waals surface area contributed by atoms with E-state index in [9.17, 15) is 0 Å². The molecule has 2 heterocycles. The van der Waals surface area contributed by atoms with Gasteiger partial charge < -0.3 is 4.57 Å². The van der Waals surface area contributed by atoms with E-state index >= 15 is 0 Å². The first kappa shape index (κ1) is 11.7. The molecule has 2 aromatic heterocycles. The summed E-state index contributed by atoms with van der Waals surface area (Å²) >= 11 is 0. The molecule has 0 radical (unpaired) electrons. The number of aryl methyl sites for hydroxylation is 2. The van der Waals surface area contributed by atoms with Crippen molar-refractivity contribution in [3.8, 4) is 11.3 Å². The van der Waals surface area contributed by atoms with Gasteiger partial charge in [-0.05, 0) is 19.1 Å². The number of nitrogens with two attached hydrogens (primary N) is 1. The minimum absolute atomic E-state index is 0.433. The monoisotopic (exact) mass is 253 g/mol. The molecule has 96 valence electrons. The average molecular weight is 253 g/mol. The predicted octanol–water partition coefficient (Wildman–Crippen LogP) is 2.23. The van der Waals surface area contributed by atoms with Gasteiger partial charge in [0.1, 0.15) is 0 Å². The van der Waals surface area contributed by atoms with E-state index < -0.39 is 0 Å². The van der Waals surface area contributed by atoms with Crippen molar-refractivity contribution in [3.63, 3.8) is 0 Å². The van der Waals surface area contributed by atoms with Crippen LogP contribution in [0.25, 0.3) is 22.2 Å². The largest absolute Gasteiger partial charge is 0.350 e. The highest BCUT2D eigenvalue weighted by molar-refractivity contribution is 5.95. The maximum absolute atomic E-state index is 5.40. The summed E-state index contributed by atoms with van der Waals surface area (Å²) in [6.07, 6.45) is 2.08. The van der Waals surface area contributed by atoms with Crippen molar-refractivity contribution in [1.29, 1.82) is 0 Å². The van der Waals surface area contributed by atoms with Crippen LogP contribution >= 0.6 is 0 Å². The molecule has 5 nitrogen and oxygen atoms in total. The lowest BCUT2D eigenvalue weighted by Crippen LogP contribution is -2.11. The summed E-state index contributed by atoms with van der Waals surface area (Å²) in [5.41, 5.74) is 6.52. The molecule has 1 aromatic carbocycles. The quantitative estimate of drug-likeness (QED) is 0.543. The van der Waals surface area contributed by atoms with E-state index in [1.807, 2.05) is 32.2 Å². The van der Waals surface area contributed by atoms with E-state index in [4.69, 9.17) is 5.84 Å². The molecule has 0 unspecified atom stereocenters. The number of hydrogen-bond acceptors (Lipinski definition) is 4.